The summed E-state index contributed by atoms with van der Waals surface area (Å²) in [7, 11) is 0. The van der Waals surface area contributed by atoms with Gasteiger partial charge in [-0.05, 0) is 61.4 Å². The molecule has 3 N–H and O–H groups in total. The molecule has 3 amide bonds. The predicted molar refractivity (Wildman–Crippen MR) is 106 cm³/mol. The van der Waals surface area contributed by atoms with Gasteiger partial charge >= 0.3 is 0 Å². The number of hydrogen-bond acceptors (Lipinski definition) is 4. The number of carbonyl (C=O) groups is 3. The smallest absolute Gasteiger partial charge is 0.262 e. The molecule has 1 saturated heterocycles. The zero-order valence-corrected chi connectivity index (χ0v) is 15.9. The van der Waals surface area contributed by atoms with Crippen LogP contribution in [0.3, 0.4) is 0 Å². The van der Waals surface area contributed by atoms with E-state index < -0.39 is 11.8 Å². The van der Waals surface area contributed by atoms with E-state index in [-0.39, 0.29) is 31.4 Å². The van der Waals surface area contributed by atoms with Crippen LogP contribution < -0.4 is 20.7 Å². The van der Waals surface area contributed by atoms with Crippen molar-refractivity contribution >= 4 is 29.1 Å². The maximum Gasteiger partial charge on any atom is 0.262 e. The molecule has 2 aromatic carbocycles. The first kappa shape index (κ1) is 19.4. The van der Waals surface area contributed by atoms with E-state index >= 15 is 0 Å². The third-order valence-electron chi connectivity index (χ3n) is 4.84. The first-order valence-corrected chi connectivity index (χ1v) is 9.03. The molecule has 146 valence electrons. The van der Waals surface area contributed by atoms with E-state index in [1.165, 1.54) is 4.90 Å². The van der Waals surface area contributed by atoms with Gasteiger partial charge < -0.3 is 20.7 Å². The lowest BCUT2D eigenvalue weighted by molar-refractivity contribution is -0.123. The lowest BCUT2D eigenvalue weighted by atomic mass is 10.1. The minimum atomic E-state index is -0.467. The van der Waals surface area contributed by atoms with E-state index in [0.29, 0.717) is 11.4 Å². The van der Waals surface area contributed by atoms with Crippen LogP contribution in [0.15, 0.2) is 42.5 Å². The fourth-order valence-corrected chi connectivity index (χ4v) is 3.04. The molecule has 0 saturated carbocycles. The normalized spacial score (nSPS) is 16.1. The van der Waals surface area contributed by atoms with Gasteiger partial charge in [-0.3, -0.25) is 14.4 Å². The number of nitrogens with zero attached hydrogens (tertiary/aromatic N) is 1. The van der Waals surface area contributed by atoms with E-state index in [1.54, 1.807) is 24.3 Å². The Kier molecular flexibility index (Phi) is 5.63. The number of carbonyl (C=O) groups excluding carboxylic acids is 3. The monoisotopic (exact) mass is 381 g/mol. The van der Waals surface area contributed by atoms with Gasteiger partial charge in [0.05, 0.1) is 5.92 Å². The molecule has 0 aliphatic carbocycles. The number of aryl methyl sites for hydroxylation is 2. The zero-order valence-electron chi connectivity index (χ0n) is 15.9. The van der Waals surface area contributed by atoms with E-state index in [9.17, 15) is 14.4 Å². The van der Waals surface area contributed by atoms with Crippen molar-refractivity contribution in [3.05, 3.63) is 53.6 Å². The van der Waals surface area contributed by atoms with Crippen molar-refractivity contribution in [1.29, 1.82) is 0 Å². The standard InChI is InChI=1S/C21H23N3O4/c1-13-3-4-16(9-14(13)2)23-19(25)12-28-18-7-5-17(6-8-18)24-11-15(21(22)27)10-20(24)26/h3-9,15H,10-12H2,1-2H3,(H2,22,27)(H,23,25)/t15-/m0/s1. The van der Waals surface area contributed by atoms with Crippen molar-refractivity contribution in [3.8, 4) is 5.75 Å². The highest BCUT2D eigenvalue weighted by atomic mass is 16.5. The third-order valence-corrected chi connectivity index (χ3v) is 4.84. The summed E-state index contributed by atoms with van der Waals surface area (Å²) >= 11 is 0. The largest absolute Gasteiger partial charge is 0.484 e. The van der Waals surface area contributed by atoms with Gasteiger partial charge in [0.15, 0.2) is 6.61 Å². The summed E-state index contributed by atoms with van der Waals surface area (Å²) < 4.78 is 5.51. The lowest BCUT2D eigenvalue weighted by Crippen LogP contribution is -2.28. The van der Waals surface area contributed by atoms with Gasteiger partial charge in [-0.25, -0.2) is 0 Å². The van der Waals surface area contributed by atoms with Gasteiger partial charge in [0, 0.05) is 24.3 Å². The molecule has 0 aromatic heterocycles. The van der Waals surface area contributed by atoms with Gasteiger partial charge in [0.1, 0.15) is 5.75 Å². The fourth-order valence-electron chi connectivity index (χ4n) is 3.04. The molecule has 2 aromatic rings. The average Bonchev–Trinajstić information content (AvgIpc) is 3.06. The van der Waals surface area contributed by atoms with Gasteiger partial charge in [0.25, 0.3) is 5.91 Å². The number of rotatable bonds is 6. The summed E-state index contributed by atoms with van der Waals surface area (Å²) in [5.41, 5.74) is 8.94. The summed E-state index contributed by atoms with van der Waals surface area (Å²) in [5, 5.41) is 2.80. The quantitative estimate of drug-likeness (QED) is 0.800. The minimum Gasteiger partial charge on any atom is -0.484 e. The molecule has 7 nitrogen and oxygen atoms in total. The van der Waals surface area contributed by atoms with Gasteiger partial charge in [-0.15, -0.1) is 0 Å². The van der Waals surface area contributed by atoms with Gasteiger partial charge in [-0.1, -0.05) is 6.07 Å². The topological polar surface area (TPSA) is 102 Å². The number of ether oxygens (including phenoxy) is 1. The van der Waals surface area contributed by atoms with Crippen molar-refractivity contribution < 1.29 is 19.1 Å². The van der Waals surface area contributed by atoms with Crippen LogP contribution in [0.5, 0.6) is 5.75 Å². The Labute approximate surface area is 163 Å². The number of anilines is 2. The Bertz CT molecular complexity index is 908. The second kappa shape index (κ2) is 8.12. The highest BCUT2D eigenvalue weighted by Gasteiger charge is 2.33. The Balaban J connectivity index is 1.54. The van der Waals surface area contributed by atoms with Crippen molar-refractivity contribution in [2.24, 2.45) is 11.7 Å². The van der Waals surface area contributed by atoms with Crippen molar-refractivity contribution in [3.63, 3.8) is 0 Å². The Morgan fingerprint density at radius 3 is 2.46 bits per heavy atom. The Hall–Kier alpha value is -3.35. The van der Waals surface area contributed by atoms with Crippen LogP contribution in [0.2, 0.25) is 0 Å². The number of nitrogens with one attached hydrogen (secondary N) is 1. The van der Waals surface area contributed by atoms with Gasteiger partial charge in [-0.2, -0.15) is 0 Å². The number of nitrogens with two attached hydrogens (primary N) is 1. The molecule has 1 atom stereocenters. The molecule has 1 aliphatic heterocycles. The number of primary amides is 1. The lowest BCUT2D eigenvalue weighted by Gasteiger charge is -2.16. The third kappa shape index (κ3) is 4.49. The highest BCUT2D eigenvalue weighted by Crippen LogP contribution is 2.26. The first-order chi connectivity index (χ1) is 13.3. The van der Waals surface area contributed by atoms with E-state index in [2.05, 4.69) is 5.32 Å². The summed E-state index contributed by atoms with van der Waals surface area (Å²) in [4.78, 5) is 36.9. The summed E-state index contributed by atoms with van der Waals surface area (Å²) in [6.07, 6.45) is 0.131. The molecular weight excluding hydrogens is 358 g/mol. The van der Waals surface area contributed by atoms with Crippen LogP contribution in [0.4, 0.5) is 11.4 Å². The van der Waals surface area contributed by atoms with E-state index in [0.717, 1.165) is 16.8 Å². The van der Waals surface area contributed by atoms with E-state index in [1.807, 2.05) is 32.0 Å². The molecule has 0 radical (unpaired) electrons. The van der Waals surface area contributed by atoms with Gasteiger partial charge in [0.2, 0.25) is 11.8 Å². The maximum absolute atomic E-state index is 12.1. The maximum atomic E-state index is 12.1. The number of hydrogen-bond donors (Lipinski definition) is 2. The highest BCUT2D eigenvalue weighted by molar-refractivity contribution is 6.00. The molecule has 7 heteroatoms. The second-order valence-electron chi connectivity index (χ2n) is 6.94. The van der Waals surface area contributed by atoms with Crippen LogP contribution in [-0.4, -0.2) is 30.9 Å². The molecule has 3 rings (SSSR count). The Morgan fingerprint density at radius 2 is 1.86 bits per heavy atom. The summed E-state index contributed by atoms with van der Waals surface area (Å²) in [6, 6.07) is 12.5. The Morgan fingerprint density at radius 1 is 1.14 bits per heavy atom. The molecule has 0 spiro atoms. The fraction of sp³-hybridized carbons (Fsp3) is 0.286. The summed E-state index contributed by atoms with van der Waals surface area (Å²) in [6.45, 7) is 4.16. The van der Waals surface area contributed by atoms with Crippen LogP contribution in [0.25, 0.3) is 0 Å². The second-order valence-corrected chi connectivity index (χ2v) is 6.94. The molecule has 28 heavy (non-hydrogen) atoms. The van der Waals surface area contributed by atoms with Crippen molar-refractivity contribution in [2.45, 2.75) is 20.3 Å². The van der Waals surface area contributed by atoms with Crippen molar-refractivity contribution in [2.75, 3.05) is 23.4 Å². The number of amides is 3. The van der Waals surface area contributed by atoms with Crippen LogP contribution >= 0.6 is 0 Å². The molecule has 1 fully saturated rings. The molecular formula is C21H23N3O4. The molecule has 1 aliphatic rings. The molecule has 0 unspecified atom stereocenters. The van der Waals surface area contributed by atoms with E-state index in [4.69, 9.17) is 10.5 Å². The average molecular weight is 381 g/mol. The molecule has 1 heterocycles. The van der Waals surface area contributed by atoms with Crippen LogP contribution in [-0.2, 0) is 14.4 Å². The minimum absolute atomic E-state index is 0.126. The summed E-state index contributed by atoms with van der Waals surface area (Å²) in [5.74, 6) is -0.809. The van der Waals surface area contributed by atoms with Crippen molar-refractivity contribution in [1.82, 2.24) is 0 Å². The first-order valence-electron chi connectivity index (χ1n) is 9.03. The van der Waals surface area contributed by atoms with Crippen LogP contribution in [0.1, 0.15) is 17.5 Å². The number of benzene rings is 2. The molecule has 0 bridgehead atoms. The predicted octanol–water partition coefficient (Wildman–Crippen LogP) is 2.16. The zero-order chi connectivity index (χ0) is 20.3. The van der Waals surface area contributed by atoms with Crippen LogP contribution in [0, 0.1) is 19.8 Å². The SMILES string of the molecule is Cc1ccc(NC(=O)COc2ccc(N3C[C@@H](C(N)=O)CC3=O)cc2)cc1C.